The van der Waals surface area contributed by atoms with Crippen LogP contribution in [-0.4, -0.2) is 179 Å². The molecule has 2 rings (SSSR count). The normalized spacial score (nSPS) is 13.7. The van der Waals surface area contributed by atoms with Gasteiger partial charge < -0.3 is 77.0 Å². The van der Waals surface area contributed by atoms with Gasteiger partial charge in [0.15, 0.2) is 0 Å². The maximum absolute atomic E-state index is 13.5. The number of aliphatic hydroxyl groups excluding tert-OH is 9. The Morgan fingerprint density at radius 1 is 0.483 bits per heavy atom. The first kappa shape index (κ1) is 53.2. The lowest BCUT2D eigenvalue weighted by atomic mass is 9.93. The first-order valence-electron chi connectivity index (χ1n) is 18.0. The fourth-order valence-electron chi connectivity index (χ4n) is 5.86. The topological polar surface area (TPSA) is 339 Å². The highest BCUT2D eigenvalue weighted by Crippen LogP contribution is 2.38. The Labute approximate surface area is 385 Å². The summed E-state index contributed by atoms with van der Waals surface area (Å²) in [6, 6.07) is 0. The summed E-state index contributed by atoms with van der Waals surface area (Å²) in [5.41, 5.74) is -0.0405. The number of carbonyl (C=O) groups excluding carboxylic acids is 6. The second-order valence-corrected chi connectivity index (χ2v) is 16.6. The SMILES string of the molecule is Cc1c(C(=O)NCC(O)CO)c(C)c(N(C=O)CC(O)CN(C=O)c2c(C)c(C(=O)NCC(O)CO)c(I)c(C(=O)NCC(O)CO)c2I)c(I)c1C(=O)NCC(O)CO. The first-order valence-corrected chi connectivity index (χ1v) is 21.2. The number of nitrogens with one attached hydrogen (secondary N) is 4. The van der Waals surface area contributed by atoms with Gasteiger partial charge in [-0.05, 0) is 105 Å². The summed E-state index contributed by atoms with van der Waals surface area (Å²) in [7, 11) is 0. The van der Waals surface area contributed by atoms with Gasteiger partial charge >= 0.3 is 0 Å². The number of rotatable bonds is 24. The fraction of sp³-hybridized carbons (Fsp3) is 0.500. The Kier molecular flexibility index (Phi) is 22.4. The Bertz CT molecular complexity index is 1650. The summed E-state index contributed by atoms with van der Waals surface area (Å²) in [5, 5.41) is 97.8. The molecule has 0 spiro atoms. The molecule has 2 aromatic rings. The van der Waals surface area contributed by atoms with E-state index >= 15 is 0 Å². The molecule has 0 radical (unpaired) electrons. The molecule has 334 valence electrons. The van der Waals surface area contributed by atoms with E-state index in [0.29, 0.717) is 12.8 Å². The highest BCUT2D eigenvalue weighted by atomic mass is 127. The number of nitrogens with zero attached hydrogens (tertiary/aromatic N) is 2. The number of hydrogen-bond acceptors (Lipinski definition) is 15. The van der Waals surface area contributed by atoms with Gasteiger partial charge in [0.1, 0.15) is 0 Å². The molecular weight excluding hydrogens is 1140 g/mol. The molecular formula is C36H49I3N6O15. The number of halogens is 3. The second-order valence-electron chi connectivity index (χ2n) is 13.4. The van der Waals surface area contributed by atoms with Crippen LogP contribution < -0.4 is 31.1 Å². The van der Waals surface area contributed by atoms with Crippen molar-refractivity contribution >= 4 is 116 Å². The van der Waals surface area contributed by atoms with E-state index in [0.717, 1.165) is 9.80 Å². The Morgan fingerprint density at radius 2 is 0.767 bits per heavy atom. The molecule has 0 fully saturated rings. The van der Waals surface area contributed by atoms with Crippen LogP contribution in [0.3, 0.4) is 0 Å². The number of carbonyl (C=O) groups is 6. The van der Waals surface area contributed by atoms with Crippen molar-refractivity contribution in [2.45, 2.75) is 51.3 Å². The van der Waals surface area contributed by atoms with Crippen molar-refractivity contribution in [3.63, 3.8) is 0 Å². The van der Waals surface area contributed by atoms with Crippen LogP contribution in [0.1, 0.15) is 58.1 Å². The van der Waals surface area contributed by atoms with Crippen molar-refractivity contribution in [2.24, 2.45) is 0 Å². The van der Waals surface area contributed by atoms with E-state index in [1.165, 1.54) is 20.8 Å². The zero-order valence-electron chi connectivity index (χ0n) is 32.6. The third-order valence-corrected chi connectivity index (χ3v) is 12.1. The molecule has 0 aromatic heterocycles. The quantitative estimate of drug-likeness (QED) is 0.0363. The Balaban J connectivity index is 2.74. The van der Waals surface area contributed by atoms with Gasteiger partial charge in [0.05, 0.1) is 105 Å². The van der Waals surface area contributed by atoms with E-state index in [2.05, 4.69) is 21.3 Å². The maximum Gasteiger partial charge on any atom is 0.253 e. The van der Waals surface area contributed by atoms with Gasteiger partial charge in [-0.15, -0.1) is 0 Å². The summed E-state index contributed by atoms with van der Waals surface area (Å²) in [6.07, 6.45) is -6.27. The molecule has 2 aromatic carbocycles. The van der Waals surface area contributed by atoms with Crippen molar-refractivity contribution in [3.05, 3.63) is 49.7 Å². The van der Waals surface area contributed by atoms with Crippen LogP contribution >= 0.6 is 67.8 Å². The number of hydrogen-bond donors (Lipinski definition) is 13. The Hall–Kier alpha value is -2.91. The molecule has 0 bridgehead atoms. The van der Waals surface area contributed by atoms with Crippen molar-refractivity contribution in [1.82, 2.24) is 21.3 Å². The molecule has 13 N–H and O–H groups in total. The van der Waals surface area contributed by atoms with E-state index in [1.54, 1.807) is 67.8 Å². The van der Waals surface area contributed by atoms with E-state index in [-0.39, 0.29) is 87.2 Å². The molecule has 0 aliphatic rings. The minimum absolute atomic E-state index is 0.0123. The largest absolute Gasteiger partial charge is 0.394 e. The van der Waals surface area contributed by atoms with E-state index in [4.69, 9.17) is 0 Å². The van der Waals surface area contributed by atoms with Crippen LogP contribution in [0.2, 0.25) is 0 Å². The molecule has 0 aliphatic heterocycles. The van der Waals surface area contributed by atoms with Crippen LogP contribution in [0, 0.1) is 31.5 Å². The van der Waals surface area contributed by atoms with Gasteiger partial charge in [0.2, 0.25) is 12.8 Å². The molecule has 0 heterocycles. The van der Waals surface area contributed by atoms with Crippen molar-refractivity contribution < 1.29 is 74.7 Å². The van der Waals surface area contributed by atoms with Crippen molar-refractivity contribution in [2.75, 3.05) is 75.5 Å². The lowest BCUT2D eigenvalue weighted by Crippen LogP contribution is -2.42. The average Bonchev–Trinajstić information content (AvgIpc) is 3.21. The lowest BCUT2D eigenvalue weighted by molar-refractivity contribution is -0.108. The zero-order chi connectivity index (χ0) is 45.6. The van der Waals surface area contributed by atoms with Crippen LogP contribution in [0.5, 0.6) is 0 Å². The van der Waals surface area contributed by atoms with Gasteiger partial charge in [-0.3, -0.25) is 28.8 Å². The van der Waals surface area contributed by atoms with E-state index < -0.39 is 93.7 Å². The predicted octanol–water partition coefficient (Wildman–Crippen LogP) is -3.26. The van der Waals surface area contributed by atoms with Gasteiger partial charge in [-0.2, -0.15) is 0 Å². The summed E-state index contributed by atoms with van der Waals surface area (Å²) >= 11 is 5.29. The van der Waals surface area contributed by atoms with Crippen LogP contribution in [0.4, 0.5) is 11.4 Å². The van der Waals surface area contributed by atoms with E-state index in [1.807, 2.05) is 0 Å². The van der Waals surface area contributed by atoms with Crippen LogP contribution in [0.25, 0.3) is 0 Å². The molecule has 6 amide bonds. The van der Waals surface area contributed by atoms with Crippen LogP contribution in [0.15, 0.2) is 0 Å². The number of benzene rings is 2. The zero-order valence-corrected chi connectivity index (χ0v) is 39.1. The van der Waals surface area contributed by atoms with Gasteiger partial charge in [0.25, 0.3) is 23.6 Å². The minimum atomic E-state index is -1.60. The van der Waals surface area contributed by atoms with Gasteiger partial charge in [-0.1, -0.05) is 0 Å². The highest BCUT2D eigenvalue weighted by molar-refractivity contribution is 14.1. The minimum Gasteiger partial charge on any atom is -0.394 e. The average molecular weight is 1190 g/mol. The second kappa shape index (κ2) is 25.3. The molecule has 24 heteroatoms. The molecule has 5 unspecified atom stereocenters. The van der Waals surface area contributed by atoms with Crippen molar-refractivity contribution in [1.29, 1.82) is 0 Å². The van der Waals surface area contributed by atoms with Crippen molar-refractivity contribution in [3.8, 4) is 0 Å². The highest BCUT2D eigenvalue weighted by Gasteiger charge is 2.33. The summed E-state index contributed by atoms with van der Waals surface area (Å²) in [5.74, 6) is -3.20. The van der Waals surface area contributed by atoms with Gasteiger partial charge in [-0.25, -0.2) is 0 Å². The van der Waals surface area contributed by atoms with Gasteiger partial charge in [0, 0.05) is 35.3 Å². The number of anilines is 2. The molecule has 5 atom stereocenters. The third-order valence-electron chi connectivity index (χ3n) is 8.89. The van der Waals surface area contributed by atoms with E-state index in [9.17, 15) is 74.7 Å². The summed E-state index contributed by atoms with van der Waals surface area (Å²) in [4.78, 5) is 81.7. The number of amides is 6. The number of aliphatic hydroxyl groups is 9. The maximum atomic E-state index is 13.5. The molecule has 0 saturated carbocycles. The lowest BCUT2D eigenvalue weighted by Gasteiger charge is -2.30. The first-order chi connectivity index (χ1) is 28.3. The molecule has 21 nitrogen and oxygen atoms in total. The summed E-state index contributed by atoms with van der Waals surface area (Å²) < 4.78 is 0.352. The fourth-order valence-corrected chi connectivity index (χ4v) is 10.1. The predicted molar refractivity (Wildman–Crippen MR) is 240 cm³/mol. The monoisotopic (exact) mass is 1190 g/mol. The smallest absolute Gasteiger partial charge is 0.253 e. The Morgan fingerprint density at radius 3 is 1.10 bits per heavy atom. The van der Waals surface area contributed by atoms with Crippen LogP contribution in [-0.2, 0) is 9.59 Å². The standard InChI is InChI=1S/C36H49I3N6O15/c1-16-24(33(57)40-4-19(52)10-46)17(2)31(29(38)25(16)34(58)41-5-20(53)11-47)44(14-50)8-23(56)9-45(15-51)32-18(3)26(35(59)42-6-21(54)12-48)28(37)27(30(32)39)36(60)43-7-22(55)13-49/h14-15,19-23,46-49,52-56H,4-13H2,1-3H3,(H,40,57)(H,41,58)(H,42,59)(H,43,60). The molecule has 60 heavy (non-hydrogen) atoms. The summed E-state index contributed by atoms with van der Waals surface area (Å²) in [6.45, 7) is -0.954. The molecule has 0 aliphatic carbocycles. The molecule has 0 saturated heterocycles. The third kappa shape index (κ3) is 13.5.